The van der Waals surface area contributed by atoms with Crippen molar-refractivity contribution in [2.45, 2.75) is 46.0 Å². The van der Waals surface area contributed by atoms with Gasteiger partial charge in [-0.15, -0.1) is 0 Å². The summed E-state index contributed by atoms with van der Waals surface area (Å²) in [6, 6.07) is 10.5. The molecule has 1 N–H and O–H groups in total. The van der Waals surface area contributed by atoms with Gasteiger partial charge < -0.3 is 4.90 Å². The van der Waals surface area contributed by atoms with E-state index in [-0.39, 0.29) is 11.2 Å². The smallest absolute Gasteiger partial charge is 0.156 e. The quantitative estimate of drug-likeness (QED) is 0.640. The van der Waals surface area contributed by atoms with Crippen molar-refractivity contribution in [3.05, 3.63) is 48.2 Å². The number of piperidine rings is 1. The molecule has 0 unspecified atom stereocenters. The lowest BCUT2D eigenvalue weighted by Gasteiger charge is -2.29. The number of nitrogens with zero attached hydrogens (tertiary/aromatic N) is 3. The van der Waals surface area contributed by atoms with Gasteiger partial charge in [0.25, 0.3) is 0 Å². The van der Waals surface area contributed by atoms with Crippen LogP contribution in [-0.4, -0.2) is 34.1 Å². The first-order valence-electron chi connectivity index (χ1n) is 10.9. The molecule has 1 aliphatic carbocycles. The first kappa shape index (κ1) is 19.0. The summed E-state index contributed by atoms with van der Waals surface area (Å²) < 4.78 is 0. The van der Waals surface area contributed by atoms with Crippen molar-refractivity contribution < 1.29 is 4.79 Å². The Morgan fingerprint density at radius 3 is 2.63 bits per heavy atom. The van der Waals surface area contributed by atoms with Gasteiger partial charge in [-0.1, -0.05) is 19.9 Å². The summed E-state index contributed by atoms with van der Waals surface area (Å²) >= 11 is 0. The van der Waals surface area contributed by atoms with E-state index in [1.807, 2.05) is 18.3 Å². The van der Waals surface area contributed by atoms with Gasteiger partial charge in [0.15, 0.2) is 5.78 Å². The maximum Gasteiger partial charge on any atom is 0.156 e. The summed E-state index contributed by atoms with van der Waals surface area (Å²) in [6.45, 7) is 6.47. The summed E-state index contributed by atoms with van der Waals surface area (Å²) in [4.78, 5) is 19.2. The molecule has 3 aromatic rings. The number of carbonyl (C=O) groups is 1. The lowest BCUT2D eigenvalue weighted by atomic mass is 9.75. The molecule has 0 bridgehead atoms. The van der Waals surface area contributed by atoms with E-state index in [9.17, 15) is 4.79 Å². The molecule has 5 nitrogen and oxygen atoms in total. The van der Waals surface area contributed by atoms with Crippen LogP contribution in [0.25, 0.3) is 27.7 Å². The third-order valence-corrected chi connectivity index (χ3v) is 6.29. The van der Waals surface area contributed by atoms with Crippen molar-refractivity contribution >= 4 is 28.1 Å². The lowest BCUT2D eigenvalue weighted by molar-refractivity contribution is -0.116. The number of ketones is 1. The highest BCUT2D eigenvalue weighted by atomic mass is 16.1. The number of aromatic nitrogens is 3. The maximum atomic E-state index is 12.2. The SMILES string of the molecule is CC1(C)CC(=O)C=C(c2ccc3[nH]nc(-c4ccnc(N5CCCCC5)c4)c3c2)C1. The zero-order chi connectivity index (χ0) is 20.7. The lowest BCUT2D eigenvalue weighted by Crippen LogP contribution is -2.30. The van der Waals surface area contributed by atoms with Crippen molar-refractivity contribution in [1.82, 2.24) is 15.2 Å². The summed E-state index contributed by atoms with van der Waals surface area (Å²) in [6.07, 6.45) is 8.99. The van der Waals surface area contributed by atoms with Crippen LogP contribution in [0.15, 0.2) is 42.6 Å². The largest absolute Gasteiger partial charge is 0.357 e. The number of benzene rings is 1. The Bertz CT molecular complexity index is 1140. The number of carbonyl (C=O) groups excluding carboxylic acids is 1. The first-order chi connectivity index (χ1) is 14.5. The second kappa shape index (κ2) is 7.38. The van der Waals surface area contributed by atoms with E-state index >= 15 is 0 Å². The fourth-order valence-electron chi connectivity index (χ4n) is 4.83. The summed E-state index contributed by atoms with van der Waals surface area (Å²) in [7, 11) is 0. The Morgan fingerprint density at radius 1 is 1.00 bits per heavy atom. The van der Waals surface area contributed by atoms with E-state index in [0.717, 1.165) is 58.6 Å². The minimum atomic E-state index is 0.00376. The number of allylic oxidation sites excluding steroid dienone is 2. The Kier molecular flexibility index (Phi) is 4.69. The Hall–Kier alpha value is -2.95. The summed E-state index contributed by atoms with van der Waals surface area (Å²) in [5.41, 5.74) is 5.25. The van der Waals surface area contributed by atoms with Gasteiger partial charge in [-0.05, 0) is 72.6 Å². The molecule has 5 heteroatoms. The van der Waals surface area contributed by atoms with Crippen LogP contribution in [-0.2, 0) is 4.79 Å². The minimum Gasteiger partial charge on any atom is -0.357 e. The van der Waals surface area contributed by atoms with Crippen LogP contribution < -0.4 is 4.90 Å². The fourth-order valence-corrected chi connectivity index (χ4v) is 4.83. The Labute approximate surface area is 177 Å². The van der Waals surface area contributed by atoms with Crippen LogP contribution in [0.3, 0.4) is 0 Å². The molecule has 1 aromatic carbocycles. The Balaban J connectivity index is 1.53. The number of nitrogens with one attached hydrogen (secondary N) is 1. The van der Waals surface area contributed by atoms with Crippen molar-refractivity contribution in [1.29, 1.82) is 0 Å². The van der Waals surface area contributed by atoms with Crippen LogP contribution in [0.4, 0.5) is 5.82 Å². The second-order valence-corrected chi connectivity index (χ2v) is 9.44. The number of hydrogen-bond donors (Lipinski definition) is 1. The van der Waals surface area contributed by atoms with Crippen molar-refractivity contribution in [2.75, 3.05) is 18.0 Å². The topological polar surface area (TPSA) is 61.9 Å². The van der Waals surface area contributed by atoms with E-state index in [0.29, 0.717) is 6.42 Å². The maximum absolute atomic E-state index is 12.2. The van der Waals surface area contributed by atoms with Crippen LogP contribution in [0.1, 0.15) is 51.5 Å². The number of pyridine rings is 1. The van der Waals surface area contributed by atoms with Crippen molar-refractivity contribution in [3.8, 4) is 11.3 Å². The molecule has 0 amide bonds. The molecular formula is C25H28N4O. The predicted octanol–water partition coefficient (Wildman–Crippen LogP) is 5.39. The predicted molar refractivity (Wildman–Crippen MR) is 121 cm³/mol. The molecule has 2 aliphatic rings. The summed E-state index contributed by atoms with van der Waals surface area (Å²) in [5.74, 6) is 1.25. The van der Waals surface area contributed by atoms with Gasteiger partial charge in [0.05, 0.1) is 5.52 Å². The molecule has 1 fully saturated rings. The van der Waals surface area contributed by atoms with E-state index in [1.165, 1.54) is 19.3 Å². The number of rotatable bonds is 3. The van der Waals surface area contributed by atoms with Crippen LogP contribution in [0.5, 0.6) is 0 Å². The standard InChI is InChI=1S/C25H28N4O/c1-25(2)15-19(12-20(30)16-25)17-6-7-22-21(13-17)24(28-27-22)18-8-9-26-23(14-18)29-10-4-3-5-11-29/h6-9,12-14H,3-5,10-11,15-16H2,1-2H3,(H,27,28). The van der Waals surface area contributed by atoms with Crippen molar-refractivity contribution in [2.24, 2.45) is 5.41 Å². The van der Waals surface area contributed by atoms with Crippen LogP contribution >= 0.6 is 0 Å². The molecular weight excluding hydrogens is 372 g/mol. The molecule has 2 aromatic heterocycles. The van der Waals surface area contributed by atoms with Crippen molar-refractivity contribution in [3.63, 3.8) is 0 Å². The zero-order valence-electron chi connectivity index (χ0n) is 17.7. The second-order valence-electron chi connectivity index (χ2n) is 9.44. The third-order valence-electron chi connectivity index (χ3n) is 6.29. The van der Waals surface area contributed by atoms with E-state index < -0.39 is 0 Å². The van der Waals surface area contributed by atoms with E-state index in [1.54, 1.807) is 0 Å². The van der Waals surface area contributed by atoms with E-state index in [2.05, 4.69) is 58.2 Å². The molecule has 30 heavy (non-hydrogen) atoms. The van der Waals surface area contributed by atoms with E-state index in [4.69, 9.17) is 0 Å². The highest BCUT2D eigenvalue weighted by Crippen LogP contribution is 2.39. The average molecular weight is 401 g/mol. The molecule has 0 radical (unpaired) electrons. The molecule has 0 saturated carbocycles. The average Bonchev–Trinajstić information content (AvgIpc) is 3.16. The minimum absolute atomic E-state index is 0.00376. The molecule has 1 saturated heterocycles. The van der Waals surface area contributed by atoms with Gasteiger partial charge in [-0.25, -0.2) is 4.98 Å². The molecule has 0 atom stereocenters. The molecule has 5 rings (SSSR count). The fraction of sp³-hybridized carbons (Fsp3) is 0.400. The van der Waals surface area contributed by atoms with Crippen LogP contribution in [0, 0.1) is 5.41 Å². The van der Waals surface area contributed by atoms with Gasteiger partial charge >= 0.3 is 0 Å². The van der Waals surface area contributed by atoms with Gasteiger partial charge in [0, 0.05) is 36.7 Å². The van der Waals surface area contributed by atoms with Gasteiger partial charge in [0.1, 0.15) is 11.5 Å². The van der Waals surface area contributed by atoms with Crippen LogP contribution in [0.2, 0.25) is 0 Å². The number of hydrogen-bond acceptors (Lipinski definition) is 4. The monoisotopic (exact) mass is 400 g/mol. The molecule has 0 spiro atoms. The third kappa shape index (κ3) is 3.64. The number of H-pyrrole nitrogens is 1. The number of aromatic amines is 1. The number of fused-ring (bicyclic) bond motifs is 1. The molecule has 154 valence electrons. The highest BCUT2D eigenvalue weighted by molar-refractivity contribution is 6.01. The summed E-state index contributed by atoms with van der Waals surface area (Å²) in [5, 5.41) is 8.88. The molecule has 3 heterocycles. The molecule has 1 aliphatic heterocycles. The number of anilines is 1. The zero-order valence-corrected chi connectivity index (χ0v) is 17.7. The Morgan fingerprint density at radius 2 is 1.83 bits per heavy atom. The first-order valence-corrected chi connectivity index (χ1v) is 10.9. The van der Waals surface area contributed by atoms with Gasteiger partial charge in [0.2, 0.25) is 0 Å². The normalized spacial score (nSPS) is 19.2. The van der Waals surface area contributed by atoms with Gasteiger partial charge in [-0.3, -0.25) is 9.89 Å². The highest BCUT2D eigenvalue weighted by Gasteiger charge is 2.28. The van der Waals surface area contributed by atoms with Gasteiger partial charge in [-0.2, -0.15) is 5.10 Å².